The van der Waals surface area contributed by atoms with E-state index in [1.54, 1.807) is 0 Å². The predicted octanol–water partition coefficient (Wildman–Crippen LogP) is 14.9. The summed E-state index contributed by atoms with van der Waals surface area (Å²) in [6.07, 6.45) is 3.75. The third-order valence-corrected chi connectivity index (χ3v) is 11.6. The number of hydrogen-bond donors (Lipinski definition) is 0. The molecule has 0 aliphatic heterocycles. The van der Waals surface area contributed by atoms with E-state index in [0.717, 1.165) is 111 Å². The van der Waals surface area contributed by atoms with Crippen LogP contribution < -0.4 is 0 Å². The summed E-state index contributed by atoms with van der Waals surface area (Å²) in [5.41, 5.74) is 14.1. The van der Waals surface area contributed by atoms with E-state index in [0.29, 0.717) is 0 Å². The van der Waals surface area contributed by atoms with Crippen LogP contribution in [0.1, 0.15) is 0 Å². The number of aromatic nitrogens is 2. The van der Waals surface area contributed by atoms with Crippen LogP contribution in [0.5, 0.6) is 0 Å². The third kappa shape index (κ3) is 5.31. The summed E-state index contributed by atoms with van der Waals surface area (Å²) in [7, 11) is 0. The van der Waals surface area contributed by atoms with Crippen LogP contribution in [0.3, 0.4) is 0 Å². The SMILES string of the molecule is c1ccc2c(c1)oc1c(-c3ccc4ccc(-c5ccnc(-c6cc(-c7ccc8ccc(-c9cccc%10c9oc9ccccc9%10)cc8c7)ccn6)c5)cc4c3)cccc12. The molecular weight excluding hydrogens is 709 g/mol. The van der Waals surface area contributed by atoms with E-state index in [4.69, 9.17) is 18.8 Å². The highest BCUT2D eigenvalue weighted by Gasteiger charge is 2.15. The number of hydrogen-bond acceptors (Lipinski definition) is 4. The molecule has 58 heavy (non-hydrogen) atoms. The number of pyridine rings is 2. The van der Waals surface area contributed by atoms with Crippen LogP contribution in [0.2, 0.25) is 0 Å². The molecule has 12 rings (SSSR count). The van der Waals surface area contributed by atoms with Crippen molar-refractivity contribution in [1.82, 2.24) is 9.97 Å². The summed E-state index contributed by atoms with van der Waals surface area (Å²) in [4.78, 5) is 9.57. The van der Waals surface area contributed by atoms with Gasteiger partial charge in [-0.25, -0.2) is 0 Å². The second-order valence-electron chi connectivity index (χ2n) is 15.0. The van der Waals surface area contributed by atoms with E-state index in [1.165, 1.54) is 10.8 Å². The van der Waals surface area contributed by atoms with Crippen molar-refractivity contribution in [2.24, 2.45) is 0 Å². The highest BCUT2D eigenvalue weighted by Crippen LogP contribution is 2.39. The van der Waals surface area contributed by atoms with Gasteiger partial charge in [0.2, 0.25) is 0 Å². The molecule has 0 amide bonds. The Bertz CT molecular complexity index is 3350. The van der Waals surface area contributed by atoms with E-state index >= 15 is 0 Å². The Kier molecular flexibility index (Phi) is 7.20. The van der Waals surface area contributed by atoms with Gasteiger partial charge < -0.3 is 8.83 Å². The van der Waals surface area contributed by atoms with Gasteiger partial charge >= 0.3 is 0 Å². The number of para-hydroxylation sites is 4. The Balaban J connectivity index is 0.875. The molecule has 0 bridgehead atoms. The zero-order chi connectivity index (χ0) is 38.2. The first-order valence-corrected chi connectivity index (χ1v) is 19.5. The van der Waals surface area contributed by atoms with Gasteiger partial charge in [0.15, 0.2) is 0 Å². The average Bonchev–Trinajstić information content (AvgIpc) is 3.87. The number of fused-ring (bicyclic) bond motifs is 8. The number of benzene rings is 8. The first kappa shape index (κ1) is 32.4. The lowest BCUT2D eigenvalue weighted by Crippen LogP contribution is -1.90. The fraction of sp³-hybridized carbons (Fsp3) is 0. The fourth-order valence-corrected chi connectivity index (χ4v) is 8.64. The van der Waals surface area contributed by atoms with Crippen molar-refractivity contribution in [3.63, 3.8) is 0 Å². The van der Waals surface area contributed by atoms with Crippen LogP contribution >= 0.6 is 0 Å². The van der Waals surface area contributed by atoms with Gasteiger partial charge in [-0.2, -0.15) is 0 Å². The van der Waals surface area contributed by atoms with Crippen molar-refractivity contribution in [2.45, 2.75) is 0 Å². The maximum absolute atomic E-state index is 6.38. The van der Waals surface area contributed by atoms with Gasteiger partial charge in [0.25, 0.3) is 0 Å². The standard InChI is InChI=1S/C54H32N2O2/c1-3-13-51-45(7-1)47-11-5-9-43(53(47)57-51)39-21-17-33-15-19-35(27-41(33)29-39)37-23-25-55-49(31-37)50-32-38(24-26-56-50)36-20-16-34-18-22-40(30-42(34)28-36)44-10-6-12-48-46-8-2-4-14-52(46)58-54(44)48/h1-32H. The van der Waals surface area contributed by atoms with Crippen LogP contribution in [-0.4, -0.2) is 9.97 Å². The molecule has 0 unspecified atom stereocenters. The van der Waals surface area contributed by atoms with Crippen molar-refractivity contribution >= 4 is 65.4 Å². The second-order valence-corrected chi connectivity index (χ2v) is 15.0. The van der Waals surface area contributed by atoms with Gasteiger partial charge in [-0.05, 0) is 116 Å². The largest absolute Gasteiger partial charge is 0.455 e. The zero-order valence-electron chi connectivity index (χ0n) is 31.2. The van der Waals surface area contributed by atoms with E-state index in [1.807, 2.05) is 36.7 Å². The van der Waals surface area contributed by atoms with Crippen LogP contribution in [0.4, 0.5) is 0 Å². The lowest BCUT2D eigenvalue weighted by atomic mass is 9.96. The molecular formula is C54H32N2O2. The predicted molar refractivity (Wildman–Crippen MR) is 239 cm³/mol. The minimum Gasteiger partial charge on any atom is -0.455 e. The summed E-state index contributed by atoms with van der Waals surface area (Å²) >= 11 is 0. The first-order valence-electron chi connectivity index (χ1n) is 19.5. The number of nitrogens with zero attached hydrogens (tertiary/aromatic N) is 2. The molecule has 4 aromatic heterocycles. The molecule has 0 N–H and O–H groups in total. The quantitative estimate of drug-likeness (QED) is 0.176. The molecule has 0 radical (unpaired) electrons. The van der Waals surface area contributed by atoms with Gasteiger partial charge in [0.1, 0.15) is 22.3 Å². The molecule has 4 heterocycles. The topological polar surface area (TPSA) is 52.1 Å². The maximum atomic E-state index is 6.38. The lowest BCUT2D eigenvalue weighted by Gasteiger charge is -2.10. The monoisotopic (exact) mass is 740 g/mol. The summed E-state index contributed by atoms with van der Waals surface area (Å²) in [5.74, 6) is 0. The summed E-state index contributed by atoms with van der Waals surface area (Å²) < 4.78 is 12.8. The molecule has 4 heteroatoms. The van der Waals surface area contributed by atoms with Gasteiger partial charge in [0.05, 0.1) is 11.4 Å². The molecule has 0 aliphatic carbocycles. The maximum Gasteiger partial charge on any atom is 0.143 e. The normalized spacial score (nSPS) is 11.8. The minimum absolute atomic E-state index is 0.826. The Labute approximate surface area is 333 Å². The van der Waals surface area contributed by atoms with E-state index in [-0.39, 0.29) is 0 Å². The molecule has 0 aliphatic rings. The molecule has 0 atom stereocenters. The second kappa shape index (κ2) is 12.9. The van der Waals surface area contributed by atoms with Crippen LogP contribution in [0.15, 0.2) is 203 Å². The van der Waals surface area contributed by atoms with Gasteiger partial charge in [0, 0.05) is 45.1 Å². The molecule has 12 aromatic rings. The lowest BCUT2D eigenvalue weighted by molar-refractivity contribution is 0.669. The van der Waals surface area contributed by atoms with Crippen LogP contribution in [0.25, 0.3) is 121 Å². The molecule has 0 spiro atoms. The molecule has 270 valence electrons. The van der Waals surface area contributed by atoms with Crippen LogP contribution in [0, 0.1) is 0 Å². The molecule has 0 fully saturated rings. The molecule has 0 saturated carbocycles. The molecule has 8 aromatic carbocycles. The first-order chi connectivity index (χ1) is 28.7. The fourth-order valence-electron chi connectivity index (χ4n) is 8.64. The van der Waals surface area contributed by atoms with E-state index in [9.17, 15) is 0 Å². The smallest absolute Gasteiger partial charge is 0.143 e. The minimum atomic E-state index is 0.826. The molecule has 4 nitrogen and oxygen atoms in total. The van der Waals surface area contributed by atoms with Crippen molar-refractivity contribution < 1.29 is 8.83 Å². The van der Waals surface area contributed by atoms with Gasteiger partial charge in [-0.1, -0.05) is 121 Å². The Morgan fingerprint density at radius 1 is 0.293 bits per heavy atom. The third-order valence-electron chi connectivity index (χ3n) is 11.6. The van der Waals surface area contributed by atoms with Crippen molar-refractivity contribution in [3.05, 3.63) is 194 Å². The summed E-state index contributed by atoms with van der Waals surface area (Å²) in [6, 6.07) is 64.2. The summed E-state index contributed by atoms with van der Waals surface area (Å²) in [5, 5.41) is 9.22. The Morgan fingerprint density at radius 2 is 0.690 bits per heavy atom. The molecule has 0 saturated heterocycles. The van der Waals surface area contributed by atoms with Crippen molar-refractivity contribution in [3.8, 4) is 55.9 Å². The highest BCUT2D eigenvalue weighted by molar-refractivity contribution is 6.11. The number of furan rings is 2. The average molecular weight is 741 g/mol. The Morgan fingerprint density at radius 3 is 1.17 bits per heavy atom. The zero-order valence-corrected chi connectivity index (χ0v) is 31.2. The van der Waals surface area contributed by atoms with Crippen LogP contribution in [-0.2, 0) is 0 Å². The van der Waals surface area contributed by atoms with Crippen molar-refractivity contribution in [1.29, 1.82) is 0 Å². The highest BCUT2D eigenvalue weighted by atomic mass is 16.3. The van der Waals surface area contributed by atoms with Gasteiger partial charge in [-0.3, -0.25) is 9.97 Å². The Hall–Kier alpha value is -7.82. The number of rotatable bonds is 5. The van der Waals surface area contributed by atoms with Crippen molar-refractivity contribution in [2.75, 3.05) is 0 Å². The van der Waals surface area contributed by atoms with Gasteiger partial charge in [-0.15, -0.1) is 0 Å². The summed E-state index contributed by atoms with van der Waals surface area (Å²) in [6.45, 7) is 0. The van der Waals surface area contributed by atoms with E-state index < -0.39 is 0 Å². The van der Waals surface area contributed by atoms with E-state index in [2.05, 4.69) is 158 Å².